The number of hydrogen-bond acceptors (Lipinski definition) is 6. The predicted octanol–water partition coefficient (Wildman–Crippen LogP) is 3.72. The summed E-state index contributed by atoms with van der Waals surface area (Å²) < 4.78 is 10.3. The summed E-state index contributed by atoms with van der Waals surface area (Å²) in [5.74, 6) is -3.51. The summed E-state index contributed by atoms with van der Waals surface area (Å²) >= 11 is 5.98. The van der Waals surface area contributed by atoms with Gasteiger partial charge in [-0.1, -0.05) is 60.1 Å². The number of amides is 3. The maximum absolute atomic E-state index is 13.6. The van der Waals surface area contributed by atoms with Crippen molar-refractivity contribution in [1.82, 2.24) is 4.90 Å². The van der Waals surface area contributed by atoms with Crippen LogP contribution in [-0.2, 0) is 23.9 Å². The molecule has 0 aromatic heterocycles. The molecule has 0 radical (unpaired) electrons. The second-order valence-corrected chi connectivity index (χ2v) is 10.0. The fraction of sp³-hybridized carbons (Fsp3) is 0.241. The molecule has 4 aliphatic rings. The van der Waals surface area contributed by atoms with E-state index in [-0.39, 0.29) is 23.7 Å². The lowest BCUT2D eigenvalue weighted by molar-refractivity contribution is -0.154. The number of nitrogens with zero attached hydrogens (tertiary/aromatic N) is 1. The molecule has 38 heavy (non-hydrogen) atoms. The van der Waals surface area contributed by atoms with E-state index in [1.807, 2.05) is 48.5 Å². The molecule has 1 fully saturated rings. The Labute approximate surface area is 223 Å². The molecule has 3 aromatic rings. The van der Waals surface area contributed by atoms with Gasteiger partial charge in [-0.2, -0.15) is 0 Å². The molecule has 3 amide bonds. The zero-order chi connectivity index (χ0) is 26.6. The van der Waals surface area contributed by atoms with Gasteiger partial charge in [0.05, 0.1) is 24.6 Å². The molecular formula is C29H23ClN2O6. The van der Waals surface area contributed by atoms with Crippen LogP contribution in [0.4, 0.5) is 5.69 Å². The van der Waals surface area contributed by atoms with Gasteiger partial charge in [-0.15, -0.1) is 0 Å². The number of esters is 1. The summed E-state index contributed by atoms with van der Waals surface area (Å²) in [6.45, 7) is -1.15. The SMILES string of the molecule is COc1ccc(Cl)cc1NC(=O)COC(=O)CN1C(=O)[C@H]2C3c4ccccc4C(c4ccccc43)[C@@H]2C1=O. The van der Waals surface area contributed by atoms with Crippen molar-refractivity contribution in [2.24, 2.45) is 11.8 Å². The number of imide groups is 1. The number of likely N-dealkylation sites (tertiary alicyclic amines) is 1. The first-order valence-electron chi connectivity index (χ1n) is 12.2. The highest BCUT2D eigenvalue weighted by atomic mass is 35.5. The predicted molar refractivity (Wildman–Crippen MR) is 138 cm³/mol. The third-order valence-corrected chi connectivity index (χ3v) is 7.86. The van der Waals surface area contributed by atoms with Gasteiger partial charge in [0.2, 0.25) is 11.8 Å². The number of carbonyl (C=O) groups is 4. The molecular weight excluding hydrogens is 508 g/mol. The van der Waals surface area contributed by atoms with Gasteiger partial charge in [-0.3, -0.25) is 24.1 Å². The van der Waals surface area contributed by atoms with Crippen LogP contribution in [0.25, 0.3) is 0 Å². The molecule has 1 heterocycles. The lowest BCUT2D eigenvalue weighted by Crippen LogP contribution is -2.41. The van der Waals surface area contributed by atoms with E-state index in [9.17, 15) is 19.2 Å². The Morgan fingerprint density at radius 3 is 1.89 bits per heavy atom. The van der Waals surface area contributed by atoms with Crippen LogP contribution >= 0.6 is 11.6 Å². The van der Waals surface area contributed by atoms with E-state index in [1.54, 1.807) is 12.1 Å². The number of anilines is 1. The maximum Gasteiger partial charge on any atom is 0.326 e. The molecule has 1 aliphatic heterocycles. The highest BCUT2D eigenvalue weighted by molar-refractivity contribution is 6.31. The van der Waals surface area contributed by atoms with Gasteiger partial charge in [0.15, 0.2) is 6.61 Å². The highest BCUT2D eigenvalue weighted by Gasteiger charge is 2.61. The molecule has 2 bridgehead atoms. The van der Waals surface area contributed by atoms with E-state index < -0.39 is 36.9 Å². The van der Waals surface area contributed by atoms with E-state index in [0.717, 1.165) is 27.2 Å². The molecule has 9 heteroatoms. The van der Waals surface area contributed by atoms with Crippen LogP contribution in [0, 0.1) is 11.8 Å². The normalized spacial score (nSPS) is 22.4. The van der Waals surface area contributed by atoms with Gasteiger partial charge < -0.3 is 14.8 Å². The second kappa shape index (κ2) is 9.29. The van der Waals surface area contributed by atoms with Crippen LogP contribution in [0.5, 0.6) is 5.75 Å². The maximum atomic E-state index is 13.6. The number of ether oxygens (including phenoxy) is 2. The van der Waals surface area contributed by atoms with Gasteiger partial charge in [0.1, 0.15) is 12.3 Å². The summed E-state index contributed by atoms with van der Waals surface area (Å²) in [7, 11) is 1.45. The number of carbonyl (C=O) groups excluding carboxylic acids is 4. The zero-order valence-electron chi connectivity index (χ0n) is 20.3. The van der Waals surface area contributed by atoms with Gasteiger partial charge in [-0.25, -0.2) is 0 Å². The third kappa shape index (κ3) is 3.75. The van der Waals surface area contributed by atoms with Crippen LogP contribution in [0.15, 0.2) is 66.7 Å². The fourth-order valence-electron chi connectivity index (χ4n) is 6.18. The molecule has 192 valence electrons. The van der Waals surface area contributed by atoms with E-state index in [1.165, 1.54) is 13.2 Å². The molecule has 1 saturated heterocycles. The topological polar surface area (TPSA) is 102 Å². The third-order valence-electron chi connectivity index (χ3n) is 7.63. The Balaban J connectivity index is 1.17. The monoisotopic (exact) mass is 530 g/mol. The van der Waals surface area contributed by atoms with Crippen LogP contribution in [-0.4, -0.2) is 48.9 Å². The number of methoxy groups -OCH3 is 1. The quantitative estimate of drug-likeness (QED) is 0.385. The molecule has 7 rings (SSSR count). The Morgan fingerprint density at radius 1 is 0.868 bits per heavy atom. The molecule has 0 unspecified atom stereocenters. The standard InChI is InChI=1S/C29H23ClN2O6/c1-37-21-11-10-15(30)12-20(21)31-22(33)14-38-23(34)13-32-28(35)26-24-16-6-2-3-7-17(16)25(27(26)29(32)36)19-9-5-4-8-18(19)24/h2-12,24-27H,13-14H2,1H3,(H,31,33)/t24?,25?,26-,27-/m0/s1. The fourth-order valence-corrected chi connectivity index (χ4v) is 6.35. The molecule has 1 N–H and O–H groups in total. The van der Waals surface area contributed by atoms with Gasteiger partial charge in [0.25, 0.3) is 5.91 Å². The van der Waals surface area contributed by atoms with Crippen LogP contribution in [0.3, 0.4) is 0 Å². The molecule has 0 saturated carbocycles. The van der Waals surface area contributed by atoms with Crippen molar-refractivity contribution in [2.75, 3.05) is 25.6 Å². The van der Waals surface area contributed by atoms with E-state index in [2.05, 4.69) is 5.32 Å². The average Bonchev–Trinajstić information content (AvgIpc) is 3.17. The Kier molecular flexibility index (Phi) is 5.91. The average molecular weight is 531 g/mol. The molecule has 2 atom stereocenters. The Hall–Kier alpha value is -4.17. The van der Waals surface area contributed by atoms with Crippen molar-refractivity contribution in [3.8, 4) is 5.75 Å². The highest BCUT2D eigenvalue weighted by Crippen LogP contribution is 2.60. The summed E-state index contributed by atoms with van der Waals surface area (Å²) in [6, 6.07) is 20.5. The zero-order valence-corrected chi connectivity index (χ0v) is 21.1. The first-order chi connectivity index (χ1) is 18.4. The number of hydrogen-bond donors (Lipinski definition) is 1. The van der Waals surface area contributed by atoms with Crippen molar-refractivity contribution in [1.29, 1.82) is 0 Å². The van der Waals surface area contributed by atoms with E-state index in [4.69, 9.17) is 21.1 Å². The summed E-state index contributed by atoms with van der Waals surface area (Å²) in [4.78, 5) is 53.2. The Morgan fingerprint density at radius 2 is 1.39 bits per heavy atom. The van der Waals surface area contributed by atoms with Gasteiger partial charge in [0, 0.05) is 16.9 Å². The van der Waals surface area contributed by atoms with Crippen LogP contribution in [0.2, 0.25) is 5.02 Å². The largest absolute Gasteiger partial charge is 0.495 e. The van der Waals surface area contributed by atoms with Crippen molar-refractivity contribution in [3.63, 3.8) is 0 Å². The second-order valence-electron chi connectivity index (χ2n) is 9.58. The van der Waals surface area contributed by atoms with Crippen molar-refractivity contribution < 1.29 is 28.7 Å². The minimum atomic E-state index is -0.846. The van der Waals surface area contributed by atoms with Crippen molar-refractivity contribution in [3.05, 3.63) is 94.0 Å². The number of rotatable bonds is 6. The number of benzene rings is 3. The molecule has 8 nitrogen and oxygen atoms in total. The summed E-state index contributed by atoms with van der Waals surface area (Å²) in [6.07, 6.45) is 0. The Bertz CT molecular complexity index is 1390. The lowest BCUT2D eigenvalue weighted by Gasteiger charge is -2.45. The molecule has 3 aromatic carbocycles. The van der Waals surface area contributed by atoms with E-state index in [0.29, 0.717) is 16.5 Å². The first-order valence-corrected chi connectivity index (χ1v) is 12.6. The van der Waals surface area contributed by atoms with Gasteiger partial charge in [-0.05, 0) is 40.5 Å². The molecule has 3 aliphatic carbocycles. The minimum absolute atomic E-state index is 0.256. The van der Waals surface area contributed by atoms with Crippen LogP contribution < -0.4 is 10.1 Å². The summed E-state index contributed by atoms with van der Waals surface area (Å²) in [5.41, 5.74) is 4.53. The van der Waals surface area contributed by atoms with Crippen molar-refractivity contribution >= 4 is 41.0 Å². The van der Waals surface area contributed by atoms with E-state index >= 15 is 0 Å². The minimum Gasteiger partial charge on any atom is -0.495 e. The summed E-state index contributed by atoms with van der Waals surface area (Å²) in [5, 5.41) is 2.97. The smallest absolute Gasteiger partial charge is 0.326 e. The van der Waals surface area contributed by atoms with Crippen molar-refractivity contribution in [2.45, 2.75) is 11.8 Å². The first kappa shape index (κ1) is 24.2. The molecule has 0 spiro atoms. The van der Waals surface area contributed by atoms with Crippen LogP contribution in [0.1, 0.15) is 34.1 Å². The van der Waals surface area contributed by atoms with Gasteiger partial charge >= 0.3 is 5.97 Å². The number of halogens is 1. The lowest BCUT2D eigenvalue weighted by atomic mass is 9.55. The number of nitrogens with one attached hydrogen (secondary N) is 1.